The molecule has 0 aliphatic heterocycles. The van der Waals surface area contributed by atoms with E-state index >= 15 is 0 Å². The van der Waals surface area contributed by atoms with Crippen LogP contribution in [0.25, 0.3) is 16.9 Å². The van der Waals surface area contributed by atoms with Gasteiger partial charge in [-0.05, 0) is 55.5 Å². The van der Waals surface area contributed by atoms with Gasteiger partial charge in [0.2, 0.25) is 0 Å². The summed E-state index contributed by atoms with van der Waals surface area (Å²) in [5.74, 6) is 0.979. The van der Waals surface area contributed by atoms with E-state index in [2.05, 4.69) is 19.7 Å². The summed E-state index contributed by atoms with van der Waals surface area (Å²) in [6.45, 7) is 2.01. The van der Waals surface area contributed by atoms with E-state index in [4.69, 9.17) is 0 Å². The van der Waals surface area contributed by atoms with Crippen LogP contribution >= 0.6 is 0 Å². The Morgan fingerprint density at radius 3 is 2.71 bits per heavy atom. The molecule has 0 saturated heterocycles. The number of phenols is 1. The Morgan fingerprint density at radius 2 is 1.88 bits per heavy atom. The molecule has 24 heavy (non-hydrogen) atoms. The third-order valence-electron chi connectivity index (χ3n) is 3.88. The van der Waals surface area contributed by atoms with Crippen LogP contribution in [0.3, 0.4) is 0 Å². The minimum Gasteiger partial charge on any atom is -0.508 e. The normalized spacial score (nSPS) is 10.9. The third-order valence-corrected chi connectivity index (χ3v) is 3.88. The summed E-state index contributed by atoms with van der Waals surface area (Å²) in [6, 6.07) is 16.8. The molecule has 0 aliphatic rings. The van der Waals surface area contributed by atoms with Crippen LogP contribution in [-0.4, -0.2) is 19.5 Å². The molecule has 2 N–H and O–H groups in total. The van der Waals surface area contributed by atoms with Gasteiger partial charge in [0.15, 0.2) is 0 Å². The van der Waals surface area contributed by atoms with Gasteiger partial charge in [0.1, 0.15) is 17.2 Å². The second-order valence-electron chi connectivity index (χ2n) is 5.58. The molecular weight excluding hydrogens is 300 g/mol. The van der Waals surface area contributed by atoms with Crippen LogP contribution in [0.1, 0.15) is 5.69 Å². The number of nitrogens with zero attached hydrogens (tertiary/aromatic N) is 3. The first-order chi connectivity index (χ1) is 11.7. The highest BCUT2D eigenvalue weighted by Gasteiger charge is 2.11. The highest BCUT2D eigenvalue weighted by molar-refractivity contribution is 5.70. The molecule has 3 aromatic heterocycles. The predicted molar refractivity (Wildman–Crippen MR) is 94.5 cm³/mol. The smallest absolute Gasteiger partial charge is 0.137 e. The van der Waals surface area contributed by atoms with Crippen molar-refractivity contribution in [2.24, 2.45) is 0 Å². The number of aromatic nitrogens is 3. The third kappa shape index (κ3) is 2.56. The molecule has 4 rings (SSSR count). The molecule has 0 amide bonds. The Hall–Kier alpha value is -3.34. The lowest BCUT2D eigenvalue weighted by molar-refractivity contribution is 0.475. The molecule has 0 unspecified atom stereocenters. The SMILES string of the molecule is Cc1nc2ccccn2c1-c1ccnc(Nc2ccc(O)cc2)c1. The standard InChI is InChI=1S/C19H16N4O/c1-13-19(23-11-3-2-4-18(23)21-13)14-9-10-20-17(12-14)22-15-5-7-16(24)8-6-15/h2-12,24H,1H3,(H,20,22). The number of phenolic OH excluding ortho intramolecular Hbond substituents is 1. The second-order valence-corrected chi connectivity index (χ2v) is 5.58. The van der Waals surface area contributed by atoms with Gasteiger partial charge in [-0.3, -0.25) is 4.40 Å². The first-order valence-electron chi connectivity index (χ1n) is 7.67. The topological polar surface area (TPSA) is 62.5 Å². The van der Waals surface area contributed by atoms with Crippen molar-refractivity contribution in [1.82, 2.24) is 14.4 Å². The minimum atomic E-state index is 0.239. The van der Waals surface area contributed by atoms with Crippen molar-refractivity contribution in [1.29, 1.82) is 0 Å². The summed E-state index contributed by atoms with van der Waals surface area (Å²) in [5.41, 5.74) is 4.87. The summed E-state index contributed by atoms with van der Waals surface area (Å²) in [7, 11) is 0. The van der Waals surface area contributed by atoms with Gasteiger partial charge in [0.05, 0.1) is 11.4 Å². The number of aromatic hydroxyl groups is 1. The van der Waals surface area contributed by atoms with E-state index < -0.39 is 0 Å². The van der Waals surface area contributed by atoms with Gasteiger partial charge in [0.25, 0.3) is 0 Å². The van der Waals surface area contributed by atoms with Crippen LogP contribution < -0.4 is 5.32 Å². The first kappa shape index (κ1) is 14.3. The van der Waals surface area contributed by atoms with Gasteiger partial charge in [-0.15, -0.1) is 0 Å². The minimum absolute atomic E-state index is 0.239. The van der Waals surface area contributed by atoms with Crippen LogP contribution in [0.4, 0.5) is 11.5 Å². The average Bonchev–Trinajstić information content (AvgIpc) is 2.93. The lowest BCUT2D eigenvalue weighted by atomic mass is 10.1. The number of anilines is 2. The fourth-order valence-electron chi connectivity index (χ4n) is 2.80. The Balaban J connectivity index is 1.74. The maximum Gasteiger partial charge on any atom is 0.137 e. The highest BCUT2D eigenvalue weighted by Crippen LogP contribution is 2.27. The number of fused-ring (bicyclic) bond motifs is 1. The van der Waals surface area contributed by atoms with E-state index in [0.717, 1.165) is 34.1 Å². The van der Waals surface area contributed by atoms with Gasteiger partial charge in [-0.2, -0.15) is 0 Å². The predicted octanol–water partition coefficient (Wildman–Crippen LogP) is 4.15. The Morgan fingerprint density at radius 1 is 1.04 bits per heavy atom. The van der Waals surface area contributed by atoms with Crippen LogP contribution in [-0.2, 0) is 0 Å². The average molecular weight is 316 g/mol. The van der Waals surface area contributed by atoms with Crippen LogP contribution in [0.15, 0.2) is 67.0 Å². The maximum atomic E-state index is 9.37. The number of hydrogen-bond donors (Lipinski definition) is 2. The largest absolute Gasteiger partial charge is 0.508 e. The van der Waals surface area contributed by atoms with Gasteiger partial charge < -0.3 is 10.4 Å². The Labute approximate surface area is 139 Å². The van der Waals surface area contributed by atoms with Crippen molar-refractivity contribution < 1.29 is 5.11 Å². The quantitative estimate of drug-likeness (QED) is 0.557. The first-order valence-corrected chi connectivity index (χ1v) is 7.67. The number of pyridine rings is 2. The van der Waals surface area contributed by atoms with Crippen molar-refractivity contribution in [2.45, 2.75) is 6.92 Å². The number of hydrogen-bond acceptors (Lipinski definition) is 4. The van der Waals surface area contributed by atoms with Crippen molar-refractivity contribution in [3.05, 3.63) is 72.7 Å². The molecule has 0 bridgehead atoms. The fraction of sp³-hybridized carbons (Fsp3) is 0.0526. The summed E-state index contributed by atoms with van der Waals surface area (Å²) < 4.78 is 2.08. The van der Waals surface area contributed by atoms with E-state index in [9.17, 15) is 5.11 Å². The summed E-state index contributed by atoms with van der Waals surface area (Å²) >= 11 is 0. The lowest BCUT2D eigenvalue weighted by Crippen LogP contribution is -1.95. The summed E-state index contributed by atoms with van der Waals surface area (Å²) in [4.78, 5) is 8.98. The van der Waals surface area contributed by atoms with E-state index in [-0.39, 0.29) is 5.75 Å². The number of nitrogens with one attached hydrogen (secondary N) is 1. The van der Waals surface area contributed by atoms with Gasteiger partial charge in [-0.25, -0.2) is 9.97 Å². The second kappa shape index (κ2) is 5.70. The molecule has 118 valence electrons. The number of aryl methyl sites for hydroxylation is 1. The van der Waals surface area contributed by atoms with E-state index in [1.165, 1.54) is 0 Å². The fourth-order valence-corrected chi connectivity index (χ4v) is 2.80. The molecule has 0 spiro atoms. The molecule has 3 heterocycles. The lowest BCUT2D eigenvalue weighted by Gasteiger charge is -2.08. The van der Waals surface area contributed by atoms with E-state index in [1.54, 1.807) is 18.3 Å². The zero-order valence-electron chi connectivity index (χ0n) is 13.1. The summed E-state index contributed by atoms with van der Waals surface area (Å²) in [6.07, 6.45) is 3.79. The zero-order chi connectivity index (χ0) is 16.5. The van der Waals surface area contributed by atoms with Crippen LogP contribution in [0.2, 0.25) is 0 Å². The zero-order valence-corrected chi connectivity index (χ0v) is 13.1. The van der Waals surface area contributed by atoms with Crippen molar-refractivity contribution in [3.63, 3.8) is 0 Å². The van der Waals surface area contributed by atoms with Crippen molar-refractivity contribution in [2.75, 3.05) is 5.32 Å². The van der Waals surface area contributed by atoms with E-state index in [0.29, 0.717) is 0 Å². The summed E-state index contributed by atoms with van der Waals surface area (Å²) in [5, 5.41) is 12.6. The molecule has 0 fully saturated rings. The maximum absolute atomic E-state index is 9.37. The molecular formula is C19H16N4O. The molecule has 0 saturated carbocycles. The van der Waals surface area contributed by atoms with Crippen molar-refractivity contribution >= 4 is 17.2 Å². The van der Waals surface area contributed by atoms with Crippen LogP contribution in [0.5, 0.6) is 5.75 Å². The molecule has 1 aromatic carbocycles. The number of imidazole rings is 1. The van der Waals surface area contributed by atoms with E-state index in [1.807, 2.05) is 55.6 Å². The van der Waals surface area contributed by atoms with Crippen molar-refractivity contribution in [3.8, 4) is 17.0 Å². The van der Waals surface area contributed by atoms with Gasteiger partial charge in [0, 0.05) is 23.6 Å². The molecule has 5 heteroatoms. The molecule has 4 aromatic rings. The number of rotatable bonds is 3. The van der Waals surface area contributed by atoms with Gasteiger partial charge in [-0.1, -0.05) is 6.07 Å². The Kier molecular flexibility index (Phi) is 3.39. The molecule has 0 radical (unpaired) electrons. The Bertz CT molecular complexity index is 1010. The number of benzene rings is 1. The highest BCUT2D eigenvalue weighted by atomic mass is 16.3. The van der Waals surface area contributed by atoms with Gasteiger partial charge >= 0.3 is 0 Å². The monoisotopic (exact) mass is 316 g/mol. The van der Waals surface area contributed by atoms with Crippen LogP contribution in [0, 0.1) is 6.92 Å². The molecule has 0 aliphatic carbocycles. The molecule has 0 atom stereocenters. The molecule has 5 nitrogen and oxygen atoms in total.